The van der Waals surface area contributed by atoms with Gasteiger partial charge >= 0.3 is 0 Å². The van der Waals surface area contributed by atoms with E-state index >= 15 is 0 Å². The van der Waals surface area contributed by atoms with Crippen LogP contribution in [0.5, 0.6) is 0 Å². The quantitative estimate of drug-likeness (QED) is 0.157. The Bertz CT molecular complexity index is 937. The van der Waals surface area contributed by atoms with Gasteiger partial charge in [0.05, 0.1) is 11.9 Å². The molecule has 0 aliphatic heterocycles. The summed E-state index contributed by atoms with van der Waals surface area (Å²) in [5, 5.41) is 16.6. The molecule has 1 atom stereocenters. The standard InChI is InChI=1S/C17H13Cl3F2N6O/c1-17(19,20)15(27-14(29)9-4-10(21)6-11(22)5-9)28-16(25-8-23)26-12-2-3-13(18)24-7-12/h2-7,15H,1H3,(H,27,29)(H2,25,26,28). The number of guanidine groups is 1. The molecule has 3 N–H and O–H groups in total. The molecule has 12 heteroatoms. The second kappa shape index (κ2) is 9.69. The van der Waals surface area contributed by atoms with E-state index in [1.807, 2.05) is 0 Å². The van der Waals surface area contributed by atoms with Crippen LogP contribution in [-0.4, -0.2) is 27.3 Å². The number of pyridine rings is 1. The summed E-state index contributed by atoms with van der Waals surface area (Å²) in [7, 11) is 0. The minimum absolute atomic E-state index is 0.125. The van der Waals surface area contributed by atoms with Gasteiger partial charge in [-0.05, 0) is 31.2 Å². The molecule has 0 radical (unpaired) electrons. The van der Waals surface area contributed by atoms with Crippen LogP contribution in [0, 0.1) is 23.1 Å². The maximum Gasteiger partial charge on any atom is 0.253 e. The second-order valence-electron chi connectivity index (χ2n) is 5.70. The number of hydrogen-bond donors (Lipinski definition) is 3. The van der Waals surface area contributed by atoms with E-state index in [-0.39, 0.29) is 16.7 Å². The number of nitriles is 1. The van der Waals surface area contributed by atoms with Gasteiger partial charge in [-0.3, -0.25) is 10.1 Å². The Morgan fingerprint density at radius 2 is 1.93 bits per heavy atom. The van der Waals surface area contributed by atoms with Crippen LogP contribution < -0.4 is 16.0 Å². The number of alkyl halides is 2. The van der Waals surface area contributed by atoms with E-state index in [0.717, 1.165) is 12.1 Å². The summed E-state index contributed by atoms with van der Waals surface area (Å²) in [4.78, 5) is 20.3. The zero-order valence-corrected chi connectivity index (χ0v) is 16.9. The molecule has 7 nitrogen and oxygen atoms in total. The van der Waals surface area contributed by atoms with Crippen molar-refractivity contribution in [3.8, 4) is 6.19 Å². The average Bonchev–Trinajstić information content (AvgIpc) is 2.61. The van der Waals surface area contributed by atoms with Crippen LogP contribution in [0.4, 0.5) is 14.5 Å². The molecule has 1 heterocycles. The summed E-state index contributed by atoms with van der Waals surface area (Å²) >= 11 is 17.9. The first kappa shape index (κ1) is 22.6. The Morgan fingerprint density at radius 3 is 2.45 bits per heavy atom. The molecule has 2 rings (SSSR count). The molecule has 0 saturated carbocycles. The summed E-state index contributed by atoms with van der Waals surface area (Å²) in [6.07, 6.45) is 1.73. The summed E-state index contributed by atoms with van der Waals surface area (Å²) in [6, 6.07) is 5.36. The normalized spacial score (nSPS) is 12.7. The first-order valence-electron chi connectivity index (χ1n) is 7.85. The molecular formula is C17H13Cl3F2N6O. The van der Waals surface area contributed by atoms with Crippen molar-refractivity contribution in [2.45, 2.75) is 17.4 Å². The topological polar surface area (TPSA) is 102 Å². The highest BCUT2D eigenvalue weighted by atomic mass is 35.5. The molecule has 0 saturated heterocycles. The first-order chi connectivity index (χ1) is 13.6. The monoisotopic (exact) mass is 460 g/mol. The van der Waals surface area contributed by atoms with Gasteiger partial charge in [-0.15, -0.1) is 0 Å². The van der Waals surface area contributed by atoms with Crippen LogP contribution in [0.1, 0.15) is 17.3 Å². The summed E-state index contributed by atoms with van der Waals surface area (Å²) in [5.41, 5.74) is 0.115. The predicted molar refractivity (Wildman–Crippen MR) is 107 cm³/mol. The number of hydrogen-bond acceptors (Lipinski definition) is 4. The maximum atomic E-state index is 13.4. The molecule has 1 unspecified atom stereocenters. The number of amides is 1. The predicted octanol–water partition coefficient (Wildman–Crippen LogP) is 3.80. The van der Waals surface area contributed by atoms with Crippen LogP contribution in [-0.2, 0) is 0 Å². The van der Waals surface area contributed by atoms with Gasteiger partial charge in [0.25, 0.3) is 5.91 Å². The van der Waals surface area contributed by atoms with Gasteiger partial charge in [0, 0.05) is 11.6 Å². The van der Waals surface area contributed by atoms with Gasteiger partial charge < -0.3 is 10.6 Å². The fourth-order valence-corrected chi connectivity index (χ4v) is 2.35. The fourth-order valence-electron chi connectivity index (χ4n) is 2.03. The van der Waals surface area contributed by atoms with Crippen molar-refractivity contribution in [3.05, 3.63) is 58.9 Å². The molecule has 29 heavy (non-hydrogen) atoms. The van der Waals surface area contributed by atoms with Crippen LogP contribution in [0.15, 0.2) is 41.5 Å². The van der Waals surface area contributed by atoms with E-state index in [1.165, 1.54) is 19.2 Å². The highest BCUT2D eigenvalue weighted by Gasteiger charge is 2.32. The van der Waals surface area contributed by atoms with E-state index in [2.05, 4.69) is 25.9 Å². The number of benzene rings is 1. The van der Waals surface area contributed by atoms with Crippen LogP contribution >= 0.6 is 34.8 Å². The van der Waals surface area contributed by atoms with Gasteiger partial charge in [-0.1, -0.05) is 34.8 Å². The van der Waals surface area contributed by atoms with Gasteiger partial charge in [0.15, 0.2) is 16.7 Å². The third-order valence-corrected chi connectivity index (χ3v) is 3.93. The molecule has 1 aromatic heterocycles. The number of carbonyl (C=O) groups excluding carboxylic acids is 1. The number of nitrogens with one attached hydrogen (secondary N) is 3. The highest BCUT2D eigenvalue weighted by Crippen LogP contribution is 2.26. The Morgan fingerprint density at radius 1 is 1.28 bits per heavy atom. The van der Waals surface area contributed by atoms with Crippen molar-refractivity contribution in [3.63, 3.8) is 0 Å². The fraction of sp³-hybridized carbons (Fsp3) is 0.176. The molecule has 152 valence electrons. The third kappa shape index (κ3) is 7.02. The Hall–Kier alpha value is -2.67. The lowest BCUT2D eigenvalue weighted by atomic mass is 10.2. The molecule has 0 bridgehead atoms. The molecule has 2 aromatic rings. The first-order valence-corrected chi connectivity index (χ1v) is 8.98. The Balaban J connectivity index is 2.29. The lowest BCUT2D eigenvalue weighted by Gasteiger charge is -2.25. The van der Waals surface area contributed by atoms with E-state index < -0.39 is 28.0 Å². The SMILES string of the molecule is CC(Cl)(Cl)C(N=C(NC#N)Nc1ccc(Cl)nc1)NC(=O)c1cc(F)cc(F)c1. The van der Waals surface area contributed by atoms with Crippen LogP contribution in [0.25, 0.3) is 0 Å². The zero-order valence-electron chi connectivity index (χ0n) is 14.7. The summed E-state index contributed by atoms with van der Waals surface area (Å²) in [6.45, 7) is 1.34. The molecule has 0 aliphatic rings. The maximum absolute atomic E-state index is 13.4. The van der Waals surface area contributed by atoms with Gasteiger partial charge in [0.2, 0.25) is 5.96 Å². The number of halogens is 5. The number of nitrogens with zero attached hydrogens (tertiary/aromatic N) is 3. The number of rotatable bonds is 5. The number of carbonyl (C=O) groups is 1. The van der Waals surface area contributed by atoms with Crippen molar-refractivity contribution in [1.29, 1.82) is 5.26 Å². The van der Waals surface area contributed by atoms with Crippen LogP contribution in [0.3, 0.4) is 0 Å². The number of aliphatic imine (C=N–C) groups is 1. The largest absolute Gasteiger partial charge is 0.328 e. The minimum Gasteiger partial charge on any atom is -0.328 e. The van der Waals surface area contributed by atoms with E-state index in [1.54, 1.807) is 12.3 Å². The van der Waals surface area contributed by atoms with E-state index in [0.29, 0.717) is 11.8 Å². The van der Waals surface area contributed by atoms with Crippen LogP contribution in [0.2, 0.25) is 5.15 Å². The number of aromatic nitrogens is 1. The third-order valence-electron chi connectivity index (χ3n) is 3.30. The van der Waals surface area contributed by atoms with Crippen molar-refractivity contribution >= 4 is 52.4 Å². The van der Waals surface area contributed by atoms with Crippen molar-refractivity contribution < 1.29 is 13.6 Å². The minimum atomic E-state index is -1.65. The van der Waals surface area contributed by atoms with E-state index in [4.69, 9.17) is 40.1 Å². The lowest BCUT2D eigenvalue weighted by Crippen LogP contribution is -2.46. The zero-order chi connectivity index (χ0) is 21.6. The molecular weight excluding hydrogens is 449 g/mol. The average molecular weight is 462 g/mol. The van der Waals surface area contributed by atoms with Crippen molar-refractivity contribution in [2.24, 2.45) is 4.99 Å². The van der Waals surface area contributed by atoms with Gasteiger partial charge in [-0.25, -0.2) is 18.8 Å². The van der Waals surface area contributed by atoms with E-state index in [9.17, 15) is 13.6 Å². The van der Waals surface area contributed by atoms with Crippen molar-refractivity contribution in [1.82, 2.24) is 15.6 Å². The van der Waals surface area contributed by atoms with Crippen molar-refractivity contribution in [2.75, 3.05) is 5.32 Å². The molecule has 0 spiro atoms. The second-order valence-corrected chi connectivity index (χ2v) is 7.85. The summed E-state index contributed by atoms with van der Waals surface area (Å²) < 4.78 is 25.1. The smallest absolute Gasteiger partial charge is 0.253 e. The molecule has 0 fully saturated rings. The lowest BCUT2D eigenvalue weighted by molar-refractivity contribution is 0.0934. The Labute approximate surface area is 179 Å². The number of anilines is 1. The Kier molecular flexibility index (Phi) is 7.56. The molecule has 1 aromatic carbocycles. The highest BCUT2D eigenvalue weighted by molar-refractivity contribution is 6.48. The van der Waals surface area contributed by atoms with Gasteiger partial charge in [-0.2, -0.15) is 5.26 Å². The molecule has 0 aliphatic carbocycles. The molecule has 1 amide bonds. The summed E-state index contributed by atoms with van der Waals surface area (Å²) in [5.74, 6) is -2.87. The van der Waals surface area contributed by atoms with Gasteiger partial charge in [0.1, 0.15) is 16.8 Å².